The molecule has 0 aromatic heterocycles. The van der Waals surface area contributed by atoms with E-state index in [1.54, 1.807) is 4.90 Å². The number of nitrogens with zero attached hydrogens (tertiary/aromatic N) is 2. The number of hydrogen-bond acceptors (Lipinski definition) is 3. The molecule has 1 aliphatic carbocycles. The molecule has 0 radical (unpaired) electrons. The molecule has 2 aromatic rings. The smallest absolute Gasteiger partial charge is 0.238 e. The highest BCUT2D eigenvalue weighted by molar-refractivity contribution is 5.97. The number of rotatable bonds is 7. The third kappa shape index (κ3) is 4.60. The molecule has 28 heavy (non-hydrogen) atoms. The van der Waals surface area contributed by atoms with Gasteiger partial charge in [-0.1, -0.05) is 35.9 Å². The Hall–Kier alpha value is -2.66. The van der Waals surface area contributed by atoms with Crippen molar-refractivity contribution < 1.29 is 9.59 Å². The molecule has 2 amide bonds. The van der Waals surface area contributed by atoms with Crippen molar-refractivity contribution in [2.75, 3.05) is 23.3 Å². The minimum Gasteiger partial charge on any atom is -0.325 e. The fraction of sp³-hybridized carbons (Fsp3) is 0.391. The molecule has 1 saturated carbocycles. The third-order valence-electron chi connectivity index (χ3n) is 5.43. The lowest BCUT2D eigenvalue weighted by molar-refractivity contribution is -0.118. The van der Waals surface area contributed by atoms with E-state index in [0.29, 0.717) is 19.0 Å². The summed E-state index contributed by atoms with van der Waals surface area (Å²) < 4.78 is 0. The van der Waals surface area contributed by atoms with Crippen molar-refractivity contribution in [2.24, 2.45) is 0 Å². The van der Waals surface area contributed by atoms with Crippen LogP contribution in [0.15, 0.2) is 48.5 Å². The maximum Gasteiger partial charge on any atom is 0.238 e. The summed E-state index contributed by atoms with van der Waals surface area (Å²) in [4.78, 5) is 28.7. The van der Waals surface area contributed by atoms with Gasteiger partial charge in [-0.25, -0.2) is 0 Å². The lowest BCUT2D eigenvalue weighted by atomic mass is 10.1. The molecular formula is C23H27N3O2. The minimum absolute atomic E-state index is 0.0103. The third-order valence-corrected chi connectivity index (χ3v) is 5.43. The van der Waals surface area contributed by atoms with Gasteiger partial charge in [-0.3, -0.25) is 14.5 Å². The SMILES string of the molecule is Cc1ccc(CN(CC(=O)Nc2cccc(N3CCCC3=O)c2)C2CC2)cc1. The van der Waals surface area contributed by atoms with E-state index >= 15 is 0 Å². The first-order valence-corrected chi connectivity index (χ1v) is 10.1. The maximum absolute atomic E-state index is 12.7. The standard InChI is InChI=1S/C23H27N3O2/c1-17-7-9-18(10-8-17)15-25(20-11-12-20)16-22(27)24-19-4-2-5-21(14-19)26-13-3-6-23(26)28/h2,4-5,7-10,14,20H,3,6,11-13,15-16H2,1H3,(H,24,27). The van der Waals surface area contributed by atoms with E-state index in [1.165, 1.54) is 11.1 Å². The molecule has 1 heterocycles. The van der Waals surface area contributed by atoms with E-state index in [0.717, 1.165) is 43.7 Å². The normalized spacial score (nSPS) is 16.6. The van der Waals surface area contributed by atoms with Gasteiger partial charge in [-0.2, -0.15) is 0 Å². The van der Waals surface area contributed by atoms with Gasteiger partial charge in [0, 0.05) is 36.9 Å². The predicted molar refractivity (Wildman–Crippen MR) is 111 cm³/mol. The lowest BCUT2D eigenvalue weighted by Gasteiger charge is -2.22. The summed E-state index contributed by atoms with van der Waals surface area (Å²) in [5.41, 5.74) is 4.09. The quantitative estimate of drug-likeness (QED) is 0.800. The number of amides is 2. The van der Waals surface area contributed by atoms with Gasteiger partial charge in [0.15, 0.2) is 0 Å². The molecule has 146 valence electrons. The number of carbonyl (C=O) groups excluding carboxylic acids is 2. The number of nitrogens with one attached hydrogen (secondary N) is 1. The van der Waals surface area contributed by atoms with E-state index in [4.69, 9.17) is 0 Å². The zero-order valence-corrected chi connectivity index (χ0v) is 16.4. The van der Waals surface area contributed by atoms with Crippen molar-refractivity contribution in [1.82, 2.24) is 4.90 Å². The number of aryl methyl sites for hydroxylation is 1. The molecule has 1 N–H and O–H groups in total. The van der Waals surface area contributed by atoms with Crippen LogP contribution >= 0.6 is 0 Å². The molecule has 2 aliphatic rings. The first-order chi connectivity index (χ1) is 13.6. The Morgan fingerprint density at radius 3 is 2.64 bits per heavy atom. The van der Waals surface area contributed by atoms with Crippen LogP contribution in [0.1, 0.15) is 36.8 Å². The van der Waals surface area contributed by atoms with Crippen molar-refractivity contribution in [3.63, 3.8) is 0 Å². The summed E-state index contributed by atoms with van der Waals surface area (Å²) in [6, 6.07) is 16.6. The van der Waals surface area contributed by atoms with Gasteiger partial charge in [0.05, 0.1) is 6.54 Å². The molecule has 0 atom stereocenters. The maximum atomic E-state index is 12.7. The second-order valence-electron chi connectivity index (χ2n) is 7.87. The highest BCUT2D eigenvalue weighted by atomic mass is 16.2. The molecule has 2 fully saturated rings. The Morgan fingerprint density at radius 1 is 1.18 bits per heavy atom. The van der Waals surface area contributed by atoms with Crippen LogP contribution in [0.2, 0.25) is 0 Å². The topological polar surface area (TPSA) is 52.7 Å². The average Bonchev–Trinajstić information content (AvgIpc) is 3.44. The Kier molecular flexibility index (Phi) is 5.44. The minimum atomic E-state index is -0.0103. The molecule has 0 bridgehead atoms. The highest BCUT2D eigenvalue weighted by Gasteiger charge is 2.30. The first-order valence-electron chi connectivity index (χ1n) is 10.1. The second kappa shape index (κ2) is 8.15. The van der Waals surface area contributed by atoms with Gasteiger partial charge in [-0.05, 0) is 49.9 Å². The molecule has 1 saturated heterocycles. The van der Waals surface area contributed by atoms with E-state index in [9.17, 15) is 9.59 Å². The van der Waals surface area contributed by atoms with Crippen LogP contribution in [0.25, 0.3) is 0 Å². The molecule has 1 aliphatic heterocycles. The Balaban J connectivity index is 1.38. The number of hydrogen-bond donors (Lipinski definition) is 1. The number of benzene rings is 2. The Bertz CT molecular complexity index is 858. The highest BCUT2D eigenvalue weighted by Crippen LogP contribution is 2.28. The van der Waals surface area contributed by atoms with Crippen LogP contribution < -0.4 is 10.2 Å². The summed E-state index contributed by atoms with van der Waals surface area (Å²) in [5, 5.41) is 3.01. The molecule has 5 heteroatoms. The van der Waals surface area contributed by atoms with Gasteiger partial charge in [0.2, 0.25) is 11.8 Å². The molecule has 2 aromatic carbocycles. The van der Waals surface area contributed by atoms with Crippen LogP contribution in [0.4, 0.5) is 11.4 Å². The summed E-state index contributed by atoms with van der Waals surface area (Å²) in [5.74, 6) is 0.144. The van der Waals surface area contributed by atoms with Crippen LogP contribution in [0.5, 0.6) is 0 Å². The zero-order valence-electron chi connectivity index (χ0n) is 16.4. The van der Waals surface area contributed by atoms with Crippen LogP contribution in [-0.4, -0.2) is 35.8 Å². The largest absolute Gasteiger partial charge is 0.325 e. The van der Waals surface area contributed by atoms with Crippen molar-refractivity contribution in [3.8, 4) is 0 Å². The van der Waals surface area contributed by atoms with E-state index in [-0.39, 0.29) is 11.8 Å². The molecule has 0 unspecified atom stereocenters. The summed E-state index contributed by atoms with van der Waals surface area (Å²) >= 11 is 0. The lowest BCUT2D eigenvalue weighted by Crippen LogP contribution is -2.34. The molecule has 0 spiro atoms. The van der Waals surface area contributed by atoms with Crippen molar-refractivity contribution in [1.29, 1.82) is 0 Å². The average molecular weight is 377 g/mol. The van der Waals surface area contributed by atoms with Crippen molar-refractivity contribution in [2.45, 2.75) is 45.2 Å². The van der Waals surface area contributed by atoms with Gasteiger partial charge in [0.25, 0.3) is 0 Å². The molecule has 5 nitrogen and oxygen atoms in total. The second-order valence-corrected chi connectivity index (χ2v) is 7.87. The fourth-order valence-corrected chi connectivity index (χ4v) is 3.74. The predicted octanol–water partition coefficient (Wildman–Crippen LogP) is 3.72. The monoisotopic (exact) mass is 377 g/mol. The van der Waals surface area contributed by atoms with Gasteiger partial charge < -0.3 is 10.2 Å². The first kappa shape index (κ1) is 18.7. The number of carbonyl (C=O) groups is 2. The van der Waals surface area contributed by atoms with Crippen LogP contribution in [-0.2, 0) is 16.1 Å². The Labute approximate surface area is 166 Å². The zero-order chi connectivity index (χ0) is 19.5. The van der Waals surface area contributed by atoms with Gasteiger partial charge >= 0.3 is 0 Å². The van der Waals surface area contributed by atoms with Crippen molar-refractivity contribution >= 4 is 23.2 Å². The van der Waals surface area contributed by atoms with E-state index < -0.39 is 0 Å². The van der Waals surface area contributed by atoms with Gasteiger partial charge in [0.1, 0.15) is 0 Å². The molecule has 4 rings (SSSR count). The summed E-state index contributed by atoms with van der Waals surface area (Å²) in [7, 11) is 0. The Morgan fingerprint density at radius 2 is 1.96 bits per heavy atom. The van der Waals surface area contributed by atoms with E-state index in [1.807, 2.05) is 24.3 Å². The van der Waals surface area contributed by atoms with Crippen LogP contribution in [0.3, 0.4) is 0 Å². The van der Waals surface area contributed by atoms with Crippen LogP contribution in [0, 0.1) is 6.92 Å². The van der Waals surface area contributed by atoms with Crippen molar-refractivity contribution in [3.05, 3.63) is 59.7 Å². The summed E-state index contributed by atoms with van der Waals surface area (Å²) in [6.45, 7) is 4.01. The summed E-state index contributed by atoms with van der Waals surface area (Å²) in [6.07, 6.45) is 3.81. The fourth-order valence-electron chi connectivity index (χ4n) is 3.74. The number of anilines is 2. The van der Waals surface area contributed by atoms with Gasteiger partial charge in [-0.15, -0.1) is 0 Å². The van der Waals surface area contributed by atoms with E-state index in [2.05, 4.69) is 41.4 Å². The molecular weight excluding hydrogens is 350 g/mol.